The topological polar surface area (TPSA) is 95.3 Å². The molecule has 0 radical (unpaired) electrons. The van der Waals surface area contributed by atoms with Gasteiger partial charge in [-0.15, -0.1) is 0 Å². The van der Waals surface area contributed by atoms with E-state index in [0.717, 1.165) is 50.6 Å². The Morgan fingerprint density at radius 2 is 1.74 bits per heavy atom. The molecule has 2 aromatic heterocycles. The highest BCUT2D eigenvalue weighted by atomic mass is 16.5. The second-order valence-electron chi connectivity index (χ2n) is 11.5. The number of imidazole rings is 1. The number of nitrogens with zero attached hydrogens (tertiary/aromatic N) is 3. The Balaban J connectivity index is 1.08. The smallest absolute Gasteiger partial charge is 0.279 e. The standard InChI is InChI=1S/C31H31N5O2/c1-19(31-16-20-12-21(17-31)14-22(13-20)18-31)32-25-8-5-23(6-9-25)29-33-26-10-7-24(15-27(26)34-29)30(37)35-28-4-2-3-11-36(28)38/h2-11,15,20-22,32,38H,1,12-14,16-18H2,(H,33,34). The summed E-state index contributed by atoms with van der Waals surface area (Å²) in [5.74, 6) is 2.98. The molecule has 4 aliphatic carbocycles. The summed E-state index contributed by atoms with van der Waals surface area (Å²) in [4.78, 5) is 24.7. The highest BCUT2D eigenvalue weighted by Gasteiger charge is 2.52. The van der Waals surface area contributed by atoms with Crippen molar-refractivity contribution in [3.8, 4) is 11.4 Å². The molecule has 7 heteroatoms. The first-order valence-corrected chi connectivity index (χ1v) is 13.5. The van der Waals surface area contributed by atoms with Crippen molar-refractivity contribution >= 4 is 22.6 Å². The van der Waals surface area contributed by atoms with Gasteiger partial charge in [0.25, 0.3) is 5.91 Å². The molecule has 0 saturated heterocycles. The number of fused-ring (bicyclic) bond motifs is 1. The zero-order chi connectivity index (χ0) is 25.9. The molecule has 4 fully saturated rings. The molecule has 0 unspecified atom stereocenters. The Morgan fingerprint density at radius 1 is 1.03 bits per heavy atom. The molecule has 4 bridgehead atoms. The first kappa shape index (κ1) is 23.0. The summed E-state index contributed by atoms with van der Waals surface area (Å²) in [6.45, 7) is 4.52. The molecule has 0 aliphatic heterocycles. The SMILES string of the molecule is C=C(Nc1ccc(-c2nc3ccc(C(=O)N=c4ccccn4O)cc3[nH]2)cc1)C12CC3CC(CC(C3)C1)C2. The number of H-pyrrole nitrogens is 1. The van der Waals surface area contributed by atoms with E-state index in [0.29, 0.717) is 5.56 Å². The Labute approximate surface area is 220 Å². The Hall–Kier alpha value is -4.13. The van der Waals surface area contributed by atoms with Crippen LogP contribution < -0.4 is 10.8 Å². The molecule has 0 spiro atoms. The van der Waals surface area contributed by atoms with E-state index in [1.165, 1.54) is 50.4 Å². The van der Waals surface area contributed by atoms with Gasteiger partial charge < -0.3 is 15.5 Å². The number of hydrogen-bond acceptors (Lipinski definition) is 4. The van der Waals surface area contributed by atoms with Crippen LogP contribution in [0.1, 0.15) is 48.9 Å². The molecule has 4 aliphatic rings. The molecule has 4 aromatic rings. The average Bonchev–Trinajstić information content (AvgIpc) is 3.33. The predicted molar refractivity (Wildman–Crippen MR) is 146 cm³/mol. The fourth-order valence-corrected chi connectivity index (χ4v) is 7.46. The number of benzene rings is 2. The number of amides is 1. The van der Waals surface area contributed by atoms with Crippen LogP contribution in [0.15, 0.2) is 84.1 Å². The minimum absolute atomic E-state index is 0.169. The summed E-state index contributed by atoms with van der Waals surface area (Å²) < 4.78 is 0.821. The van der Waals surface area contributed by atoms with E-state index >= 15 is 0 Å². The van der Waals surface area contributed by atoms with Gasteiger partial charge in [0.1, 0.15) is 5.82 Å². The van der Waals surface area contributed by atoms with Crippen LogP contribution in [0.2, 0.25) is 0 Å². The summed E-state index contributed by atoms with van der Waals surface area (Å²) in [6.07, 6.45) is 9.61. The number of carbonyl (C=O) groups excluding carboxylic acids is 1. The number of aromatic nitrogens is 3. The van der Waals surface area contributed by atoms with Gasteiger partial charge in [-0.2, -0.15) is 9.72 Å². The lowest BCUT2D eigenvalue weighted by Gasteiger charge is -2.57. The number of hydrogen-bond donors (Lipinski definition) is 3. The molecule has 2 heterocycles. The predicted octanol–water partition coefficient (Wildman–Crippen LogP) is 6.15. The normalized spacial score (nSPS) is 26.1. The van der Waals surface area contributed by atoms with Gasteiger partial charge in [-0.25, -0.2) is 4.98 Å². The minimum atomic E-state index is -0.438. The molecule has 2 aromatic carbocycles. The van der Waals surface area contributed by atoms with Crippen LogP contribution in [-0.4, -0.2) is 25.8 Å². The van der Waals surface area contributed by atoms with Gasteiger partial charge >= 0.3 is 0 Å². The molecule has 8 rings (SSSR count). The van der Waals surface area contributed by atoms with Crippen molar-refractivity contribution in [2.75, 3.05) is 5.32 Å². The molecule has 4 saturated carbocycles. The maximum absolute atomic E-state index is 12.7. The highest BCUT2D eigenvalue weighted by Crippen LogP contribution is 2.62. The molecule has 38 heavy (non-hydrogen) atoms. The molecule has 192 valence electrons. The lowest BCUT2D eigenvalue weighted by molar-refractivity contribution is -0.0295. The molecule has 3 N–H and O–H groups in total. The second kappa shape index (κ2) is 8.72. The number of pyridine rings is 1. The lowest BCUT2D eigenvalue weighted by Crippen LogP contribution is -2.47. The van der Waals surface area contributed by atoms with Gasteiger partial charge in [-0.05, 0) is 111 Å². The van der Waals surface area contributed by atoms with Crippen molar-refractivity contribution in [1.82, 2.24) is 14.7 Å². The Morgan fingerprint density at radius 3 is 2.42 bits per heavy atom. The average molecular weight is 506 g/mol. The third kappa shape index (κ3) is 4.02. The van der Waals surface area contributed by atoms with E-state index in [-0.39, 0.29) is 10.9 Å². The number of carbonyl (C=O) groups is 1. The van der Waals surface area contributed by atoms with E-state index < -0.39 is 5.91 Å². The number of anilines is 1. The first-order valence-electron chi connectivity index (χ1n) is 13.5. The van der Waals surface area contributed by atoms with Crippen LogP contribution in [0, 0.1) is 23.2 Å². The van der Waals surface area contributed by atoms with E-state index in [9.17, 15) is 10.0 Å². The zero-order valence-corrected chi connectivity index (χ0v) is 21.2. The summed E-state index contributed by atoms with van der Waals surface area (Å²) in [6, 6.07) is 18.5. The molecular weight excluding hydrogens is 474 g/mol. The van der Waals surface area contributed by atoms with Gasteiger partial charge in [-0.3, -0.25) is 4.79 Å². The van der Waals surface area contributed by atoms with E-state index in [2.05, 4.69) is 46.1 Å². The summed E-state index contributed by atoms with van der Waals surface area (Å²) in [5.41, 5.74) is 5.59. The molecule has 7 nitrogen and oxygen atoms in total. The van der Waals surface area contributed by atoms with Crippen molar-refractivity contribution in [2.24, 2.45) is 28.2 Å². The monoisotopic (exact) mass is 505 g/mol. The van der Waals surface area contributed by atoms with Crippen molar-refractivity contribution < 1.29 is 10.0 Å². The largest absolute Gasteiger partial charge is 0.427 e. The van der Waals surface area contributed by atoms with Crippen molar-refractivity contribution in [1.29, 1.82) is 0 Å². The van der Waals surface area contributed by atoms with Gasteiger partial charge in [0.2, 0.25) is 0 Å². The fraction of sp³-hybridized carbons (Fsp3) is 0.323. The second-order valence-corrected chi connectivity index (χ2v) is 11.5. The third-order valence-electron chi connectivity index (χ3n) is 8.90. The maximum atomic E-state index is 12.7. The van der Waals surface area contributed by atoms with Crippen LogP contribution in [0.4, 0.5) is 5.69 Å². The van der Waals surface area contributed by atoms with Crippen LogP contribution in [0.25, 0.3) is 22.4 Å². The summed E-state index contributed by atoms with van der Waals surface area (Å²) in [5, 5.41) is 13.5. The molecule has 1 amide bonds. The maximum Gasteiger partial charge on any atom is 0.279 e. The molecular formula is C31H31N5O2. The van der Waals surface area contributed by atoms with Crippen LogP contribution >= 0.6 is 0 Å². The van der Waals surface area contributed by atoms with Crippen LogP contribution in [0.3, 0.4) is 0 Å². The molecule has 0 atom stereocenters. The van der Waals surface area contributed by atoms with Gasteiger partial charge in [-0.1, -0.05) is 12.6 Å². The van der Waals surface area contributed by atoms with Gasteiger partial charge in [0.05, 0.1) is 11.0 Å². The van der Waals surface area contributed by atoms with E-state index in [1.54, 1.807) is 30.3 Å². The van der Waals surface area contributed by atoms with Crippen LogP contribution in [-0.2, 0) is 0 Å². The third-order valence-corrected chi connectivity index (χ3v) is 8.90. The van der Waals surface area contributed by atoms with Gasteiger partial charge in [0.15, 0.2) is 5.49 Å². The summed E-state index contributed by atoms with van der Waals surface area (Å²) >= 11 is 0. The number of allylic oxidation sites excluding steroid dienone is 1. The quantitative estimate of drug-likeness (QED) is 0.284. The van der Waals surface area contributed by atoms with E-state index in [4.69, 9.17) is 4.98 Å². The first-order chi connectivity index (χ1) is 18.4. The van der Waals surface area contributed by atoms with Crippen LogP contribution in [0.5, 0.6) is 0 Å². The number of aromatic amines is 1. The van der Waals surface area contributed by atoms with Crippen molar-refractivity contribution in [3.63, 3.8) is 0 Å². The summed E-state index contributed by atoms with van der Waals surface area (Å²) in [7, 11) is 0. The fourth-order valence-electron chi connectivity index (χ4n) is 7.46. The van der Waals surface area contributed by atoms with E-state index in [1.807, 2.05) is 6.07 Å². The Kier molecular flexibility index (Phi) is 5.28. The highest BCUT2D eigenvalue weighted by molar-refractivity contribution is 5.98. The van der Waals surface area contributed by atoms with Crippen molar-refractivity contribution in [2.45, 2.75) is 38.5 Å². The Bertz CT molecular complexity index is 1590. The number of nitrogens with one attached hydrogen (secondary N) is 2. The van der Waals surface area contributed by atoms with Crippen molar-refractivity contribution in [3.05, 3.63) is 90.2 Å². The zero-order valence-electron chi connectivity index (χ0n) is 21.2. The lowest BCUT2D eigenvalue weighted by atomic mass is 9.49. The number of rotatable bonds is 5. The van der Waals surface area contributed by atoms with Gasteiger partial charge in [0, 0.05) is 34.1 Å². The minimum Gasteiger partial charge on any atom is -0.427 e.